The Morgan fingerprint density at radius 3 is 1.83 bits per heavy atom. The van der Waals surface area contributed by atoms with Gasteiger partial charge in [0.15, 0.2) is 0 Å². The van der Waals surface area contributed by atoms with Crippen molar-refractivity contribution in [1.29, 1.82) is 0 Å². The summed E-state index contributed by atoms with van der Waals surface area (Å²) in [4.78, 5) is 54.4. The summed E-state index contributed by atoms with van der Waals surface area (Å²) in [5.74, 6) is -2.23. The normalized spacial score (nSPS) is 11.7. The number of hydrogen-bond acceptors (Lipinski definition) is 10. The number of hydrogen-bond donors (Lipinski definition) is 3. The fourth-order valence-electron chi connectivity index (χ4n) is 3.38. The van der Waals surface area contributed by atoms with Crippen LogP contribution >= 0.6 is 0 Å². The van der Waals surface area contributed by atoms with Gasteiger partial charge in [-0.2, -0.15) is 0 Å². The number of aryl methyl sites for hydroxylation is 2. The van der Waals surface area contributed by atoms with Crippen molar-refractivity contribution in [1.82, 2.24) is 44.7 Å². The Morgan fingerprint density at radius 2 is 1.39 bits per heavy atom. The topological polar surface area (TPSA) is 217 Å². The molecule has 2 rings (SSSR count). The minimum atomic E-state index is -1.01. The number of carbonyl (C=O) groups is 4. The number of carbonyl (C=O) groups excluding carboxylic acids is 4. The van der Waals surface area contributed by atoms with Crippen LogP contribution in [0.3, 0.4) is 0 Å². The maximum atomic E-state index is 13.2. The zero-order chi connectivity index (χ0) is 26.8. The average molecular weight is 507 g/mol. The molecule has 0 bridgehead atoms. The van der Waals surface area contributed by atoms with E-state index in [9.17, 15) is 19.2 Å². The summed E-state index contributed by atoms with van der Waals surface area (Å²) in [7, 11) is 3.34. The van der Waals surface area contributed by atoms with Crippen molar-refractivity contribution in [3.63, 3.8) is 0 Å². The molecule has 0 spiro atoms. The van der Waals surface area contributed by atoms with Gasteiger partial charge >= 0.3 is 0 Å². The van der Waals surface area contributed by atoms with Crippen molar-refractivity contribution < 1.29 is 19.2 Å². The first-order chi connectivity index (χ1) is 17.0. The van der Waals surface area contributed by atoms with Crippen LogP contribution in [0.4, 0.5) is 0 Å². The minimum Gasteiger partial charge on any atom is -0.368 e. The Kier molecular flexibility index (Phi) is 10.4. The maximum Gasteiger partial charge on any atom is 0.243 e. The zero-order valence-corrected chi connectivity index (χ0v) is 20.8. The van der Waals surface area contributed by atoms with Crippen LogP contribution in [0.2, 0.25) is 0 Å². The first kappa shape index (κ1) is 28.3. The van der Waals surface area contributed by atoms with E-state index in [-0.39, 0.29) is 45.8 Å². The molecule has 1 atom stereocenters. The van der Waals surface area contributed by atoms with Crippen LogP contribution in [0.1, 0.15) is 24.7 Å². The predicted octanol–water partition coefficient (Wildman–Crippen LogP) is -3.69. The molecule has 0 saturated carbocycles. The summed E-state index contributed by atoms with van der Waals surface area (Å²) in [6, 6.07) is -1.01. The molecular formula is C20H34N12O4. The number of nitrogens with two attached hydrogens (primary N) is 3. The smallest absolute Gasteiger partial charge is 0.243 e. The molecule has 0 aliphatic rings. The molecule has 0 aliphatic carbocycles. The number of rotatable bonds is 14. The third kappa shape index (κ3) is 8.38. The molecule has 16 heteroatoms. The van der Waals surface area contributed by atoms with E-state index >= 15 is 0 Å². The van der Waals surface area contributed by atoms with Crippen LogP contribution in [0.5, 0.6) is 0 Å². The van der Waals surface area contributed by atoms with E-state index in [0.717, 1.165) is 0 Å². The first-order valence-electron chi connectivity index (χ1n) is 11.3. The largest absolute Gasteiger partial charge is 0.368 e. The fourth-order valence-corrected chi connectivity index (χ4v) is 3.38. The monoisotopic (exact) mass is 506 g/mol. The molecule has 2 aromatic heterocycles. The van der Waals surface area contributed by atoms with E-state index < -0.39 is 29.7 Å². The molecule has 6 N–H and O–H groups in total. The summed E-state index contributed by atoms with van der Waals surface area (Å²) >= 11 is 0. The average Bonchev–Trinajstić information content (AvgIpc) is 3.43. The maximum absolute atomic E-state index is 13.2. The molecule has 0 saturated heterocycles. The van der Waals surface area contributed by atoms with Gasteiger partial charge in [0.25, 0.3) is 0 Å². The van der Waals surface area contributed by atoms with Crippen LogP contribution in [0, 0.1) is 0 Å². The summed E-state index contributed by atoms with van der Waals surface area (Å²) < 4.78 is 2.93. The summed E-state index contributed by atoms with van der Waals surface area (Å²) in [5.41, 5.74) is 17.6. The van der Waals surface area contributed by atoms with Crippen molar-refractivity contribution in [3.8, 4) is 0 Å². The van der Waals surface area contributed by atoms with Crippen molar-refractivity contribution in [2.75, 3.05) is 32.7 Å². The van der Waals surface area contributed by atoms with Crippen LogP contribution in [-0.4, -0.2) is 107 Å². The quantitative estimate of drug-likeness (QED) is 0.228. The van der Waals surface area contributed by atoms with Gasteiger partial charge in [0.2, 0.25) is 23.6 Å². The fraction of sp³-hybridized carbons (Fsp3) is 0.600. The lowest BCUT2D eigenvalue weighted by molar-refractivity contribution is -0.145. The summed E-state index contributed by atoms with van der Waals surface area (Å²) in [6.45, 7) is 0.936. The first-order valence-corrected chi connectivity index (χ1v) is 11.3. The van der Waals surface area contributed by atoms with Crippen molar-refractivity contribution in [2.24, 2.45) is 31.3 Å². The molecule has 4 amide bonds. The van der Waals surface area contributed by atoms with Crippen LogP contribution < -0.4 is 17.2 Å². The van der Waals surface area contributed by atoms with E-state index in [0.29, 0.717) is 17.8 Å². The van der Waals surface area contributed by atoms with Crippen molar-refractivity contribution >= 4 is 23.6 Å². The van der Waals surface area contributed by atoms with Gasteiger partial charge in [-0.25, -0.2) is 0 Å². The van der Waals surface area contributed by atoms with Gasteiger partial charge in [0.1, 0.15) is 17.9 Å². The highest BCUT2D eigenvalue weighted by atomic mass is 16.2. The molecule has 2 aromatic rings. The lowest BCUT2D eigenvalue weighted by atomic mass is 10.2. The Balaban J connectivity index is 2.17. The number of aromatic nitrogens is 6. The van der Waals surface area contributed by atoms with Gasteiger partial charge in [-0.1, -0.05) is 17.4 Å². The van der Waals surface area contributed by atoms with Gasteiger partial charge in [-0.15, -0.1) is 10.2 Å². The molecule has 2 heterocycles. The third-order valence-corrected chi connectivity index (χ3v) is 5.09. The van der Waals surface area contributed by atoms with Crippen LogP contribution in [0.25, 0.3) is 0 Å². The van der Waals surface area contributed by atoms with Crippen molar-refractivity contribution in [2.45, 2.75) is 32.5 Å². The van der Waals surface area contributed by atoms with Gasteiger partial charge in [0.05, 0.1) is 32.2 Å². The zero-order valence-electron chi connectivity index (χ0n) is 20.8. The van der Waals surface area contributed by atoms with Crippen molar-refractivity contribution in [3.05, 3.63) is 23.8 Å². The van der Waals surface area contributed by atoms with Gasteiger partial charge in [-0.3, -0.25) is 28.5 Å². The Labute approximate surface area is 208 Å². The van der Waals surface area contributed by atoms with Gasteiger partial charge in [0, 0.05) is 39.6 Å². The lowest BCUT2D eigenvalue weighted by Crippen LogP contribution is -2.52. The van der Waals surface area contributed by atoms with E-state index in [1.807, 2.05) is 6.92 Å². The van der Waals surface area contributed by atoms with E-state index in [1.165, 1.54) is 24.1 Å². The molecule has 0 aromatic carbocycles. The second-order valence-electron chi connectivity index (χ2n) is 8.33. The number of primary amides is 1. The van der Waals surface area contributed by atoms with E-state index in [2.05, 4.69) is 20.6 Å². The summed E-state index contributed by atoms with van der Waals surface area (Å²) in [5, 5.41) is 15.5. The standard InChI is InChI=1S/C20H34N12O4/c1-4-5-30(12-19(35)31(11-17(23)33)9-14-7-28(2)26-24-14)18(34)13-32(20(36)16(22)6-21)10-15-8-29(3)27-25-15/h7-8,16H,4-6,9-13,21-22H2,1-3H3,(H2,23,33). The Hall–Kier alpha value is -3.92. The second-order valence-corrected chi connectivity index (χ2v) is 8.33. The van der Waals surface area contributed by atoms with Gasteiger partial charge in [-0.05, 0) is 6.42 Å². The highest BCUT2D eigenvalue weighted by Crippen LogP contribution is 2.07. The predicted molar refractivity (Wildman–Crippen MR) is 126 cm³/mol. The Morgan fingerprint density at radius 1 is 0.889 bits per heavy atom. The summed E-state index contributed by atoms with van der Waals surface area (Å²) in [6.07, 6.45) is 3.77. The molecule has 1 unspecified atom stereocenters. The highest BCUT2D eigenvalue weighted by Gasteiger charge is 2.28. The second kappa shape index (κ2) is 13.2. The minimum absolute atomic E-state index is 0.00753. The molecule has 0 fully saturated rings. The molecule has 36 heavy (non-hydrogen) atoms. The van der Waals surface area contributed by atoms with Crippen LogP contribution in [-0.2, 0) is 46.4 Å². The molecular weight excluding hydrogens is 472 g/mol. The van der Waals surface area contributed by atoms with Gasteiger partial charge < -0.3 is 31.9 Å². The third-order valence-electron chi connectivity index (χ3n) is 5.09. The molecule has 0 aliphatic heterocycles. The van der Waals surface area contributed by atoms with Crippen LogP contribution in [0.15, 0.2) is 12.4 Å². The highest BCUT2D eigenvalue weighted by molar-refractivity contribution is 5.90. The number of amides is 4. The molecule has 0 radical (unpaired) electrons. The Bertz CT molecular complexity index is 1050. The number of nitrogens with zero attached hydrogens (tertiary/aromatic N) is 9. The van der Waals surface area contributed by atoms with E-state index in [4.69, 9.17) is 17.2 Å². The molecule has 198 valence electrons. The SMILES string of the molecule is CCCN(CC(=O)N(CC(N)=O)Cc1cn(C)nn1)C(=O)CN(Cc1cn(C)nn1)C(=O)C(N)CN. The lowest BCUT2D eigenvalue weighted by Gasteiger charge is -2.29. The van der Waals surface area contributed by atoms with E-state index in [1.54, 1.807) is 26.5 Å². The molecule has 16 nitrogen and oxygen atoms in total.